The average Bonchev–Trinajstić information content (AvgIpc) is 3.27. The minimum absolute atomic E-state index is 0.0120. The molecule has 1 N–H and O–H groups in total. The second-order valence-corrected chi connectivity index (χ2v) is 6.62. The zero-order valence-electron chi connectivity index (χ0n) is 13.9. The van der Waals surface area contributed by atoms with Gasteiger partial charge in [-0.3, -0.25) is 4.79 Å². The number of aliphatic carboxylic acids is 1. The first-order chi connectivity index (χ1) is 10.8. The first-order valence-corrected chi connectivity index (χ1v) is 9.09. The summed E-state index contributed by atoms with van der Waals surface area (Å²) >= 11 is 0. The lowest BCUT2D eigenvalue weighted by molar-refractivity contribution is -0.138. The third kappa shape index (κ3) is 9.66. The summed E-state index contributed by atoms with van der Waals surface area (Å²) in [6, 6.07) is 0. The van der Waals surface area contributed by atoms with Crippen LogP contribution in [0.15, 0.2) is 12.2 Å². The summed E-state index contributed by atoms with van der Waals surface area (Å²) in [5.74, 6) is 2.41. The summed E-state index contributed by atoms with van der Waals surface area (Å²) in [6.07, 6.45) is 25.4. The summed E-state index contributed by atoms with van der Waals surface area (Å²) in [5, 5.41) is 8.83. The van der Waals surface area contributed by atoms with Gasteiger partial charge in [0.05, 0.1) is 5.92 Å². The molecule has 0 bridgehead atoms. The molecule has 2 heteroatoms. The normalized spacial score (nSPS) is 20.1. The van der Waals surface area contributed by atoms with E-state index in [1.54, 1.807) is 6.08 Å². The SMILES string of the molecule is C#C/C=C\CCCCCCCCCCCC[C@@H]1C[C@@H]1C(=O)O. The van der Waals surface area contributed by atoms with Gasteiger partial charge in [-0.15, -0.1) is 6.42 Å². The van der Waals surface area contributed by atoms with Gasteiger partial charge in [0.1, 0.15) is 0 Å². The molecule has 1 aliphatic carbocycles. The molecule has 1 aliphatic rings. The smallest absolute Gasteiger partial charge is 0.306 e. The van der Waals surface area contributed by atoms with Crippen molar-refractivity contribution in [2.24, 2.45) is 11.8 Å². The van der Waals surface area contributed by atoms with E-state index in [0.717, 1.165) is 19.3 Å². The van der Waals surface area contributed by atoms with Gasteiger partial charge >= 0.3 is 5.97 Å². The molecule has 124 valence electrons. The Hall–Kier alpha value is -1.23. The third-order valence-corrected chi connectivity index (χ3v) is 4.65. The Labute approximate surface area is 136 Å². The fraction of sp³-hybridized carbons (Fsp3) is 0.750. The van der Waals surface area contributed by atoms with Crippen molar-refractivity contribution in [3.8, 4) is 12.3 Å². The van der Waals surface area contributed by atoms with Crippen LogP contribution in [0.1, 0.15) is 83.5 Å². The second-order valence-electron chi connectivity index (χ2n) is 6.62. The molecule has 0 aliphatic heterocycles. The summed E-state index contributed by atoms with van der Waals surface area (Å²) in [7, 11) is 0. The molecule has 1 saturated carbocycles. The van der Waals surface area contributed by atoms with E-state index in [9.17, 15) is 4.79 Å². The van der Waals surface area contributed by atoms with Gasteiger partial charge < -0.3 is 5.11 Å². The Morgan fingerprint density at radius 1 is 1.00 bits per heavy atom. The fourth-order valence-corrected chi connectivity index (χ4v) is 3.10. The first-order valence-electron chi connectivity index (χ1n) is 9.09. The van der Waals surface area contributed by atoms with Gasteiger partial charge in [0.25, 0.3) is 0 Å². The van der Waals surface area contributed by atoms with Crippen LogP contribution < -0.4 is 0 Å². The molecule has 0 radical (unpaired) electrons. The maximum atomic E-state index is 10.7. The van der Waals surface area contributed by atoms with Gasteiger partial charge in [-0.05, 0) is 37.7 Å². The van der Waals surface area contributed by atoms with E-state index < -0.39 is 5.97 Å². The van der Waals surface area contributed by atoms with Crippen molar-refractivity contribution in [2.45, 2.75) is 83.5 Å². The van der Waals surface area contributed by atoms with Crippen LogP contribution in [0.5, 0.6) is 0 Å². The minimum Gasteiger partial charge on any atom is -0.481 e. The molecule has 0 saturated heterocycles. The monoisotopic (exact) mass is 304 g/mol. The van der Waals surface area contributed by atoms with E-state index >= 15 is 0 Å². The zero-order chi connectivity index (χ0) is 16.0. The molecule has 0 aromatic rings. The lowest BCUT2D eigenvalue weighted by Crippen LogP contribution is -1.99. The van der Waals surface area contributed by atoms with E-state index in [-0.39, 0.29) is 5.92 Å². The Balaban J connectivity index is 1.71. The summed E-state index contributed by atoms with van der Waals surface area (Å²) < 4.78 is 0. The molecule has 2 nitrogen and oxygen atoms in total. The van der Waals surface area contributed by atoms with Crippen LogP contribution in [-0.2, 0) is 4.79 Å². The average molecular weight is 304 g/mol. The van der Waals surface area contributed by atoms with Crippen LogP contribution in [0, 0.1) is 24.2 Å². The van der Waals surface area contributed by atoms with Gasteiger partial charge in [0.2, 0.25) is 0 Å². The van der Waals surface area contributed by atoms with Gasteiger partial charge in [0, 0.05) is 0 Å². The predicted molar refractivity (Wildman–Crippen MR) is 92.6 cm³/mol. The van der Waals surface area contributed by atoms with Crippen LogP contribution in [0.3, 0.4) is 0 Å². The van der Waals surface area contributed by atoms with E-state index in [1.807, 2.05) is 0 Å². The molecule has 1 fully saturated rings. The summed E-state index contributed by atoms with van der Waals surface area (Å²) in [4.78, 5) is 10.7. The van der Waals surface area contributed by atoms with Crippen molar-refractivity contribution >= 4 is 5.97 Å². The molecule has 2 atom stereocenters. The summed E-state index contributed by atoms with van der Waals surface area (Å²) in [6.45, 7) is 0. The Kier molecular flexibility index (Phi) is 10.5. The molecule has 0 heterocycles. The van der Waals surface area contributed by atoms with E-state index in [1.165, 1.54) is 64.2 Å². The van der Waals surface area contributed by atoms with E-state index in [2.05, 4.69) is 12.0 Å². The zero-order valence-corrected chi connectivity index (χ0v) is 13.9. The van der Waals surface area contributed by atoms with Crippen molar-refractivity contribution < 1.29 is 9.90 Å². The van der Waals surface area contributed by atoms with Gasteiger partial charge in [-0.1, -0.05) is 69.8 Å². The molecular weight excluding hydrogens is 272 g/mol. The number of rotatable bonds is 14. The molecule has 22 heavy (non-hydrogen) atoms. The highest BCUT2D eigenvalue weighted by Crippen LogP contribution is 2.42. The maximum absolute atomic E-state index is 10.7. The first kappa shape index (κ1) is 18.8. The standard InChI is InChI=1S/C20H32O2/c1-2-3-4-5-6-7-8-9-10-11-12-13-14-15-16-18-17-19(18)20(21)22/h1,3-4,18-19H,5-17H2,(H,21,22)/b4-3-/t18-,19+/m1/s1. The van der Waals surface area contributed by atoms with Crippen molar-refractivity contribution in [1.29, 1.82) is 0 Å². The van der Waals surface area contributed by atoms with Crippen LogP contribution >= 0.6 is 0 Å². The Morgan fingerprint density at radius 3 is 2.05 bits per heavy atom. The Morgan fingerprint density at radius 2 is 1.55 bits per heavy atom. The fourth-order valence-electron chi connectivity index (χ4n) is 3.10. The highest BCUT2D eigenvalue weighted by atomic mass is 16.4. The van der Waals surface area contributed by atoms with Crippen LogP contribution in [0.2, 0.25) is 0 Å². The van der Waals surface area contributed by atoms with Crippen LogP contribution in [-0.4, -0.2) is 11.1 Å². The summed E-state index contributed by atoms with van der Waals surface area (Å²) in [5.41, 5.74) is 0. The molecule has 0 amide bonds. The lowest BCUT2D eigenvalue weighted by Gasteiger charge is -2.02. The van der Waals surface area contributed by atoms with Crippen molar-refractivity contribution in [2.75, 3.05) is 0 Å². The molecular formula is C20H32O2. The number of carboxylic acid groups (broad SMARTS) is 1. The number of terminal acetylenes is 1. The van der Waals surface area contributed by atoms with Gasteiger partial charge in [-0.25, -0.2) is 0 Å². The number of allylic oxidation sites excluding steroid dienone is 2. The van der Waals surface area contributed by atoms with E-state index in [4.69, 9.17) is 11.5 Å². The number of hydrogen-bond acceptors (Lipinski definition) is 1. The molecule has 0 aromatic heterocycles. The molecule has 0 unspecified atom stereocenters. The number of hydrogen-bond donors (Lipinski definition) is 1. The van der Waals surface area contributed by atoms with Crippen molar-refractivity contribution in [3.63, 3.8) is 0 Å². The van der Waals surface area contributed by atoms with Crippen LogP contribution in [0.4, 0.5) is 0 Å². The van der Waals surface area contributed by atoms with Gasteiger partial charge in [0.15, 0.2) is 0 Å². The second kappa shape index (κ2) is 12.3. The van der Waals surface area contributed by atoms with Crippen molar-refractivity contribution in [3.05, 3.63) is 12.2 Å². The quantitative estimate of drug-likeness (QED) is 0.336. The highest BCUT2D eigenvalue weighted by Gasteiger charge is 2.42. The molecule has 0 spiro atoms. The molecule has 0 aromatic carbocycles. The predicted octanol–water partition coefficient (Wildman–Crippen LogP) is 5.58. The Bertz CT molecular complexity index is 364. The lowest BCUT2D eigenvalue weighted by atomic mass is 10.0. The minimum atomic E-state index is -0.586. The van der Waals surface area contributed by atoms with Crippen LogP contribution in [0.25, 0.3) is 0 Å². The number of carbonyl (C=O) groups is 1. The molecule has 1 rings (SSSR count). The maximum Gasteiger partial charge on any atom is 0.306 e. The number of unbranched alkanes of at least 4 members (excludes halogenated alkanes) is 10. The third-order valence-electron chi connectivity index (χ3n) is 4.65. The number of carboxylic acids is 1. The highest BCUT2D eigenvalue weighted by molar-refractivity contribution is 5.73. The van der Waals surface area contributed by atoms with Gasteiger partial charge in [-0.2, -0.15) is 0 Å². The van der Waals surface area contributed by atoms with E-state index in [0.29, 0.717) is 5.92 Å². The largest absolute Gasteiger partial charge is 0.481 e. The topological polar surface area (TPSA) is 37.3 Å². The van der Waals surface area contributed by atoms with Crippen molar-refractivity contribution in [1.82, 2.24) is 0 Å².